The maximum atomic E-state index is 13.8. The fourth-order valence-corrected chi connectivity index (χ4v) is 4.04. The number of fused-ring (bicyclic) bond motifs is 1. The zero-order valence-corrected chi connectivity index (χ0v) is 21.7. The smallest absolute Gasteiger partial charge is 0.297 e. The molecule has 0 saturated heterocycles. The van der Waals surface area contributed by atoms with Gasteiger partial charge in [-0.05, 0) is 37.0 Å². The van der Waals surface area contributed by atoms with Gasteiger partial charge < -0.3 is 18.8 Å². The molecule has 1 aromatic heterocycles. The normalized spacial score (nSPS) is 11.1. The van der Waals surface area contributed by atoms with Crippen molar-refractivity contribution < 1.29 is 14.2 Å². The molecule has 0 unspecified atom stereocenters. The van der Waals surface area contributed by atoms with Gasteiger partial charge in [0.1, 0.15) is 12.4 Å². The molecule has 1 heterocycles. The Labute approximate surface area is 210 Å². The lowest BCUT2D eigenvalue weighted by Gasteiger charge is -2.19. The zero-order chi connectivity index (χ0) is 24.9. The summed E-state index contributed by atoms with van der Waals surface area (Å²) < 4.78 is 20.2. The van der Waals surface area contributed by atoms with Crippen LogP contribution in [0.15, 0.2) is 53.3 Å². The van der Waals surface area contributed by atoms with Crippen molar-refractivity contribution in [1.29, 1.82) is 0 Å². The van der Waals surface area contributed by atoms with E-state index in [4.69, 9.17) is 14.2 Å². The predicted octanol–water partition coefficient (Wildman–Crippen LogP) is 7.52. The summed E-state index contributed by atoms with van der Waals surface area (Å²) in [6.45, 7) is 8.63. The van der Waals surface area contributed by atoms with Crippen LogP contribution in [-0.2, 0) is 13.2 Å². The monoisotopic (exact) mass is 479 g/mol. The number of ether oxygens (including phenoxy) is 3. The first-order chi connectivity index (χ1) is 17.2. The van der Waals surface area contributed by atoms with E-state index in [9.17, 15) is 4.79 Å². The standard InChI is InChI=1S/C30H41NO4/c1-4-7-10-14-19-31-27-22-25(33-20-8-5-2)17-18-26(27)28(29(30(31)32)34-21-9-6-3)35-23-24-15-12-11-13-16-24/h11-13,15-18,22H,4-10,14,19-21,23H2,1-3H3. The van der Waals surface area contributed by atoms with Crippen molar-refractivity contribution in [2.75, 3.05) is 13.2 Å². The average Bonchev–Trinajstić information content (AvgIpc) is 2.88. The summed E-state index contributed by atoms with van der Waals surface area (Å²) in [5.41, 5.74) is 1.76. The second kappa shape index (κ2) is 14.4. The predicted molar refractivity (Wildman–Crippen MR) is 144 cm³/mol. The van der Waals surface area contributed by atoms with Crippen LogP contribution in [0.4, 0.5) is 0 Å². The summed E-state index contributed by atoms with van der Waals surface area (Å²) in [5.74, 6) is 1.62. The lowest BCUT2D eigenvalue weighted by Crippen LogP contribution is -2.24. The number of pyridine rings is 1. The van der Waals surface area contributed by atoms with Gasteiger partial charge in [0.05, 0.1) is 18.7 Å². The van der Waals surface area contributed by atoms with E-state index in [0.717, 1.165) is 73.6 Å². The number of unbranched alkanes of at least 4 members (excludes halogenated alkanes) is 5. The van der Waals surface area contributed by atoms with Crippen LogP contribution in [0.25, 0.3) is 10.9 Å². The average molecular weight is 480 g/mol. The summed E-state index contributed by atoms with van der Waals surface area (Å²) in [5, 5.41) is 0.880. The molecule has 5 heteroatoms. The number of aromatic nitrogens is 1. The van der Waals surface area contributed by atoms with Gasteiger partial charge in [-0.15, -0.1) is 0 Å². The molecule has 0 radical (unpaired) electrons. The van der Waals surface area contributed by atoms with Crippen LogP contribution < -0.4 is 19.8 Å². The lowest BCUT2D eigenvalue weighted by atomic mass is 10.1. The van der Waals surface area contributed by atoms with Crippen LogP contribution in [0.1, 0.15) is 77.7 Å². The van der Waals surface area contributed by atoms with Gasteiger partial charge in [-0.25, -0.2) is 0 Å². The van der Waals surface area contributed by atoms with Gasteiger partial charge >= 0.3 is 0 Å². The highest BCUT2D eigenvalue weighted by Crippen LogP contribution is 2.35. The van der Waals surface area contributed by atoms with Gasteiger partial charge in [-0.3, -0.25) is 4.79 Å². The van der Waals surface area contributed by atoms with E-state index in [-0.39, 0.29) is 5.56 Å². The third-order valence-corrected chi connectivity index (χ3v) is 6.12. The third kappa shape index (κ3) is 7.51. The largest absolute Gasteiger partial charge is 0.494 e. The fraction of sp³-hybridized carbons (Fsp3) is 0.500. The fourth-order valence-electron chi connectivity index (χ4n) is 4.04. The zero-order valence-electron chi connectivity index (χ0n) is 21.7. The van der Waals surface area contributed by atoms with Crippen molar-refractivity contribution >= 4 is 10.9 Å². The molecule has 0 saturated carbocycles. The highest BCUT2D eigenvalue weighted by atomic mass is 16.5. The molecule has 0 aliphatic rings. The Morgan fingerprint density at radius 2 is 1.43 bits per heavy atom. The minimum Gasteiger partial charge on any atom is -0.494 e. The van der Waals surface area contributed by atoms with Crippen LogP contribution >= 0.6 is 0 Å². The van der Waals surface area contributed by atoms with E-state index in [0.29, 0.717) is 37.9 Å². The van der Waals surface area contributed by atoms with E-state index in [2.05, 4.69) is 20.8 Å². The molecule has 0 N–H and O–H groups in total. The summed E-state index contributed by atoms with van der Waals surface area (Å²) in [6, 6.07) is 16.0. The molecule has 0 aliphatic heterocycles. The molecule has 0 bridgehead atoms. The molecule has 35 heavy (non-hydrogen) atoms. The van der Waals surface area contributed by atoms with Gasteiger partial charge in [0.2, 0.25) is 5.75 Å². The quantitative estimate of drug-likeness (QED) is 0.199. The Hall–Kier alpha value is -2.95. The van der Waals surface area contributed by atoms with Gasteiger partial charge in [0.15, 0.2) is 5.75 Å². The molecular weight excluding hydrogens is 438 g/mol. The minimum absolute atomic E-state index is 0.126. The van der Waals surface area contributed by atoms with E-state index < -0.39 is 0 Å². The van der Waals surface area contributed by atoms with Gasteiger partial charge in [0.25, 0.3) is 5.56 Å². The van der Waals surface area contributed by atoms with E-state index in [1.165, 1.54) is 0 Å². The molecule has 0 fully saturated rings. The third-order valence-electron chi connectivity index (χ3n) is 6.12. The van der Waals surface area contributed by atoms with Crippen molar-refractivity contribution in [2.45, 2.75) is 85.3 Å². The lowest BCUT2D eigenvalue weighted by molar-refractivity contribution is 0.257. The summed E-state index contributed by atoms with van der Waals surface area (Å²) in [4.78, 5) is 13.8. The molecule has 3 rings (SSSR count). The molecule has 5 nitrogen and oxygen atoms in total. The molecule has 2 aromatic carbocycles. The summed E-state index contributed by atoms with van der Waals surface area (Å²) in [7, 11) is 0. The van der Waals surface area contributed by atoms with Crippen molar-refractivity contribution in [3.05, 3.63) is 64.4 Å². The van der Waals surface area contributed by atoms with Crippen LogP contribution in [-0.4, -0.2) is 17.8 Å². The Morgan fingerprint density at radius 3 is 2.14 bits per heavy atom. The SMILES string of the molecule is CCCCCCn1c(=O)c(OCCCC)c(OCc2ccccc2)c2ccc(OCCCC)cc21. The maximum absolute atomic E-state index is 13.8. The molecule has 0 amide bonds. The molecule has 0 spiro atoms. The first-order valence-corrected chi connectivity index (χ1v) is 13.3. The number of rotatable bonds is 16. The van der Waals surface area contributed by atoms with Gasteiger partial charge in [-0.1, -0.05) is 83.2 Å². The second-order valence-corrected chi connectivity index (χ2v) is 9.03. The van der Waals surface area contributed by atoms with Gasteiger partial charge in [0, 0.05) is 18.0 Å². The van der Waals surface area contributed by atoms with Crippen LogP contribution in [0.2, 0.25) is 0 Å². The Morgan fingerprint density at radius 1 is 0.714 bits per heavy atom. The van der Waals surface area contributed by atoms with Crippen molar-refractivity contribution in [3.63, 3.8) is 0 Å². The maximum Gasteiger partial charge on any atom is 0.297 e. The van der Waals surface area contributed by atoms with E-state index in [1.54, 1.807) is 0 Å². The number of hydrogen-bond donors (Lipinski definition) is 0. The number of benzene rings is 2. The van der Waals surface area contributed by atoms with Crippen molar-refractivity contribution in [1.82, 2.24) is 4.57 Å². The van der Waals surface area contributed by atoms with E-state index in [1.807, 2.05) is 53.1 Å². The van der Waals surface area contributed by atoms with Crippen LogP contribution in [0.3, 0.4) is 0 Å². The second-order valence-electron chi connectivity index (χ2n) is 9.03. The van der Waals surface area contributed by atoms with Crippen molar-refractivity contribution in [2.24, 2.45) is 0 Å². The Bertz CT molecular complexity index is 1090. The molecule has 0 aliphatic carbocycles. The highest BCUT2D eigenvalue weighted by molar-refractivity contribution is 5.89. The number of hydrogen-bond acceptors (Lipinski definition) is 4. The van der Waals surface area contributed by atoms with Crippen LogP contribution in [0.5, 0.6) is 17.2 Å². The highest BCUT2D eigenvalue weighted by Gasteiger charge is 2.20. The first-order valence-electron chi connectivity index (χ1n) is 13.3. The summed E-state index contributed by atoms with van der Waals surface area (Å²) >= 11 is 0. The topological polar surface area (TPSA) is 49.7 Å². The summed E-state index contributed by atoms with van der Waals surface area (Å²) in [6.07, 6.45) is 8.31. The molecule has 190 valence electrons. The van der Waals surface area contributed by atoms with Crippen molar-refractivity contribution in [3.8, 4) is 17.2 Å². The molecule has 3 aromatic rings. The number of nitrogens with zero attached hydrogens (tertiary/aromatic N) is 1. The van der Waals surface area contributed by atoms with E-state index >= 15 is 0 Å². The van der Waals surface area contributed by atoms with Crippen LogP contribution in [0, 0.1) is 0 Å². The Kier molecular flexibility index (Phi) is 11.0. The first kappa shape index (κ1) is 26.7. The Balaban J connectivity index is 2.06. The minimum atomic E-state index is -0.126. The molecule has 0 atom stereocenters. The number of aryl methyl sites for hydroxylation is 1. The molecular formula is C30H41NO4. The van der Waals surface area contributed by atoms with Gasteiger partial charge in [-0.2, -0.15) is 0 Å².